The number of carbonyl (C=O) groups is 1. The number of hydrogen-bond donors (Lipinski definition) is 0. The summed E-state index contributed by atoms with van der Waals surface area (Å²) in [5.41, 5.74) is 1.93. The molecule has 0 unspecified atom stereocenters. The fraction of sp³-hybridized carbons (Fsp3) is 0.357. The Morgan fingerprint density at radius 1 is 1.53 bits per heavy atom. The van der Waals surface area contributed by atoms with E-state index in [9.17, 15) is 4.79 Å². The third-order valence-electron chi connectivity index (χ3n) is 3.06. The van der Waals surface area contributed by atoms with Crippen molar-refractivity contribution in [2.45, 2.75) is 26.8 Å². The minimum atomic E-state index is -0.426. The van der Waals surface area contributed by atoms with Crippen LogP contribution in [0.15, 0.2) is 22.8 Å². The van der Waals surface area contributed by atoms with E-state index in [1.807, 2.05) is 17.6 Å². The Hall–Kier alpha value is -1.68. The number of methoxy groups -OCH3 is 1. The molecule has 0 aliphatic heterocycles. The number of hydrogen-bond acceptors (Lipinski definition) is 3. The van der Waals surface area contributed by atoms with Gasteiger partial charge in [-0.2, -0.15) is 0 Å². The van der Waals surface area contributed by atoms with Crippen molar-refractivity contribution in [1.82, 2.24) is 4.57 Å². The second-order valence-corrected chi connectivity index (χ2v) is 4.62. The van der Waals surface area contributed by atoms with Crippen LogP contribution in [0, 0.1) is 6.92 Å². The Bertz CT molecular complexity index is 584. The fourth-order valence-corrected chi connectivity index (χ4v) is 2.60. The largest absolute Gasteiger partial charge is 0.465 e. The SMILES string of the molecule is CCCn1c(C)c(C(=O)OC)c(Cl)c1-c1ccco1. The number of esters is 1. The van der Waals surface area contributed by atoms with Gasteiger partial charge in [0.2, 0.25) is 0 Å². The van der Waals surface area contributed by atoms with E-state index in [0.717, 1.165) is 24.4 Å². The molecule has 2 aromatic rings. The molecular formula is C14H16ClNO3. The molecule has 0 atom stereocenters. The fourth-order valence-electron chi connectivity index (χ4n) is 2.20. The standard InChI is InChI=1S/C14H16ClNO3/c1-4-7-16-9(2)11(14(17)18-3)12(15)13(16)10-6-5-8-19-10/h5-6,8H,4,7H2,1-3H3. The minimum Gasteiger partial charge on any atom is -0.465 e. The summed E-state index contributed by atoms with van der Waals surface area (Å²) in [6.45, 7) is 4.69. The summed E-state index contributed by atoms with van der Waals surface area (Å²) < 4.78 is 12.2. The molecule has 0 aliphatic rings. The van der Waals surface area contributed by atoms with Crippen LogP contribution in [0.1, 0.15) is 29.4 Å². The maximum absolute atomic E-state index is 11.8. The summed E-state index contributed by atoms with van der Waals surface area (Å²) >= 11 is 6.35. The molecule has 2 aromatic heterocycles. The lowest BCUT2D eigenvalue weighted by Gasteiger charge is -2.08. The molecule has 0 fully saturated rings. The third-order valence-corrected chi connectivity index (χ3v) is 3.42. The van der Waals surface area contributed by atoms with E-state index >= 15 is 0 Å². The highest BCUT2D eigenvalue weighted by Gasteiger charge is 2.26. The Morgan fingerprint density at radius 2 is 2.26 bits per heavy atom. The average Bonchev–Trinajstić information content (AvgIpc) is 2.98. The first-order chi connectivity index (χ1) is 9.11. The van der Waals surface area contributed by atoms with Gasteiger partial charge in [0.1, 0.15) is 5.69 Å². The van der Waals surface area contributed by atoms with E-state index < -0.39 is 5.97 Å². The van der Waals surface area contributed by atoms with Gasteiger partial charge in [0.25, 0.3) is 0 Å². The zero-order valence-electron chi connectivity index (χ0n) is 11.2. The van der Waals surface area contributed by atoms with Crippen molar-refractivity contribution in [1.29, 1.82) is 0 Å². The van der Waals surface area contributed by atoms with Crippen molar-refractivity contribution >= 4 is 17.6 Å². The molecular weight excluding hydrogens is 266 g/mol. The lowest BCUT2D eigenvalue weighted by atomic mass is 10.2. The highest BCUT2D eigenvalue weighted by molar-refractivity contribution is 6.36. The number of aromatic nitrogens is 1. The predicted octanol–water partition coefficient (Wildman–Crippen LogP) is 3.91. The van der Waals surface area contributed by atoms with Crippen LogP contribution < -0.4 is 0 Å². The van der Waals surface area contributed by atoms with Gasteiger partial charge in [-0.3, -0.25) is 0 Å². The predicted molar refractivity (Wildman–Crippen MR) is 73.5 cm³/mol. The van der Waals surface area contributed by atoms with Crippen LogP contribution in [0.2, 0.25) is 5.02 Å². The molecule has 2 rings (SSSR count). The maximum atomic E-state index is 11.8. The molecule has 2 heterocycles. The molecule has 102 valence electrons. The van der Waals surface area contributed by atoms with E-state index in [-0.39, 0.29) is 0 Å². The molecule has 0 saturated heterocycles. The van der Waals surface area contributed by atoms with Crippen LogP contribution in [0.4, 0.5) is 0 Å². The van der Waals surface area contributed by atoms with E-state index in [1.54, 1.807) is 12.3 Å². The number of furan rings is 1. The Labute approximate surface area is 116 Å². The second kappa shape index (κ2) is 5.53. The lowest BCUT2D eigenvalue weighted by Crippen LogP contribution is -2.05. The summed E-state index contributed by atoms with van der Waals surface area (Å²) in [5.74, 6) is 0.224. The zero-order valence-corrected chi connectivity index (χ0v) is 12.0. The zero-order chi connectivity index (χ0) is 14.0. The lowest BCUT2D eigenvalue weighted by molar-refractivity contribution is 0.0600. The van der Waals surface area contributed by atoms with E-state index in [4.69, 9.17) is 20.8 Å². The molecule has 0 amide bonds. The van der Waals surface area contributed by atoms with E-state index in [2.05, 4.69) is 6.92 Å². The van der Waals surface area contributed by atoms with Gasteiger partial charge in [-0.15, -0.1) is 0 Å². The Balaban J connectivity index is 2.67. The van der Waals surface area contributed by atoms with Gasteiger partial charge in [-0.25, -0.2) is 4.79 Å². The first-order valence-electron chi connectivity index (χ1n) is 6.12. The smallest absolute Gasteiger partial charge is 0.341 e. The van der Waals surface area contributed by atoms with Gasteiger partial charge < -0.3 is 13.7 Å². The van der Waals surface area contributed by atoms with Crippen LogP contribution in [0.3, 0.4) is 0 Å². The van der Waals surface area contributed by atoms with Crippen molar-refractivity contribution < 1.29 is 13.9 Å². The summed E-state index contributed by atoms with van der Waals surface area (Å²) in [7, 11) is 1.35. The minimum absolute atomic E-state index is 0.382. The Morgan fingerprint density at radius 3 is 2.79 bits per heavy atom. The van der Waals surface area contributed by atoms with Gasteiger partial charge >= 0.3 is 5.97 Å². The maximum Gasteiger partial charge on any atom is 0.341 e. The molecule has 0 aliphatic carbocycles. The Kier molecular flexibility index (Phi) is 4.00. The molecule has 0 aromatic carbocycles. The van der Waals surface area contributed by atoms with Gasteiger partial charge in [-0.05, 0) is 25.5 Å². The highest BCUT2D eigenvalue weighted by Crippen LogP contribution is 2.36. The summed E-state index contributed by atoms with van der Waals surface area (Å²) in [6, 6.07) is 3.62. The van der Waals surface area contributed by atoms with Crippen LogP contribution in [-0.2, 0) is 11.3 Å². The summed E-state index contributed by atoms with van der Waals surface area (Å²) in [4.78, 5) is 11.8. The first-order valence-corrected chi connectivity index (χ1v) is 6.50. The second-order valence-electron chi connectivity index (χ2n) is 4.24. The molecule has 0 saturated carbocycles. The highest BCUT2D eigenvalue weighted by atomic mass is 35.5. The van der Waals surface area contributed by atoms with E-state index in [0.29, 0.717) is 16.3 Å². The van der Waals surface area contributed by atoms with Crippen molar-refractivity contribution in [2.24, 2.45) is 0 Å². The third kappa shape index (κ3) is 2.28. The monoisotopic (exact) mass is 281 g/mol. The van der Waals surface area contributed by atoms with Gasteiger partial charge in [0, 0.05) is 12.2 Å². The van der Waals surface area contributed by atoms with Crippen LogP contribution in [0.25, 0.3) is 11.5 Å². The number of ether oxygens (including phenoxy) is 1. The van der Waals surface area contributed by atoms with Crippen LogP contribution in [-0.4, -0.2) is 17.6 Å². The summed E-state index contributed by atoms with van der Waals surface area (Å²) in [5, 5.41) is 0.382. The average molecular weight is 282 g/mol. The van der Waals surface area contributed by atoms with Crippen LogP contribution >= 0.6 is 11.6 Å². The quantitative estimate of drug-likeness (QED) is 0.798. The number of nitrogens with zero attached hydrogens (tertiary/aromatic N) is 1. The number of carbonyl (C=O) groups excluding carboxylic acids is 1. The molecule has 0 bridgehead atoms. The molecule has 0 N–H and O–H groups in total. The van der Waals surface area contributed by atoms with Gasteiger partial charge in [0.05, 0.1) is 24.0 Å². The molecule has 5 heteroatoms. The molecule has 19 heavy (non-hydrogen) atoms. The number of rotatable bonds is 4. The van der Waals surface area contributed by atoms with Crippen LogP contribution in [0.5, 0.6) is 0 Å². The molecule has 4 nitrogen and oxygen atoms in total. The van der Waals surface area contributed by atoms with Crippen molar-refractivity contribution in [3.8, 4) is 11.5 Å². The van der Waals surface area contributed by atoms with Gasteiger partial charge in [-0.1, -0.05) is 18.5 Å². The topological polar surface area (TPSA) is 44.4 Å². The normalized spacial score (nSPS) is 10.7. The first kappa shape index (κ1) is 13.7. The summed E-state index contributed by atoms with van der Waals surface area (Å²) in [6.07, 6.45) is 2.52. The van der Waals surface area contributed by atoms with Crippen molar-refractivity contribution in [2.75, 3.05) is 7.11 Å². The van der Waals surface area contributed by atoms with Crippen molar-refractivity contribution in [3.63, 3.8) is 0 Å². The number of halogens is 1. The molecule has 0 spiro atoms. The van der Waals surface area contributed by atoms with Gasteiger partial charge in [0.15, 0.2) is 5.76 Å². The molecule has 0 radical (unpaired) electrons. The van der Waals surface area contributed by atoms with Crippen molar-refractivity contribution in [3.05, 3.63) is 34.7 Å². The van der Waals surface area contributed by atoms with E-state index in [1.165, 1.54) is 7.11 Å².